The number of carbonyl (C=O) groups is 9. The van der Waals surface area contributed by atoms with Gasteiger partial charge in [0.1, 0.15) is 95.6 Å². The summed E-state index contributed by atoms with van der Waals surface area (Å²) in [6.07, 6.45) is -18.7. The summed E-state index contributed by atoms with van der Waals surface area (Å²) in [5.41, 5.74) is 1.37. The number of hydrogen-bond donors (Lipinski definition) is 19. The third kappa shape index (κ3) is 16.9. The number of primary amides is 1. The number of aliphatic carboxylic acids is 1. The zero-order chi connectivity index (χ0) is 77.2. The molecule has 0 aromatic heterocycles. The van der Waals surface area contributed by atoms with Gasteiger partial charge in [-0.1, -0.05) is 62.2 Å². The molecule has 0 spiro atoms. The zero-order valence-corrected chi connectivity index (χ0v) is 59.1. The second kappa shape index (κ2) is 32.6. The fourth-order valence-corrected chi connectivity index (χ4v) is 13.7. The van der Waals surface area contributed by atoms with Crippen molar-refractivity contribution in [2.24, 2.45) is 11.7 Å². The van der Waals surface area contributed by atoms with Gasteiger partial charge in [-0.3, -0.25) is 38.4 Å². The minimum atomic E-state index is -2.37. The lowest BCUT2D eigenvalue weighted by atomic mass is 9.84. The summed E-state index contributed by atoms with van der Waals surface area (Å²) in [5.74, 6) is -16.6. The molecule has 0 saturated carbocycles. The third-order valence-corrected chi connectivity index (χ3v) is 19.2. The standard InChI is InChI=1S/C70H81Cl2N9O25/c1-7-8-47(87)81-70(5)24-48(101-27(4)61(70)92)105-60-58(91)57(90)45(25-82)104-69(60)106-59-43-19-31-20-44(59)103-42-14-11-30(18-36(42)72)56(89)54-67(98)78-52(68(99)100)34-21-32(83)22-40(85)49(34)33-16-28(9-12-39(33)84)50(64(95)80-54)77-65(96)51(31)76-63(94)38(23-46(73)86)75-66(97)53(79-62(93)37(74-6)15-26(2)3)55(88)29-10-13-41(102-43)35(71)17-29/h9-14,16-22,26-27,37-38,45,48,50-58,60-61,69,74,82-85,88-92H,7-8,15,23-25H2,1-6H3,(H2,73,86)(H,75,97)(H,76,94)(H,77,96)(H,78,98)(H,79,93)(H,80,95)(H,81,87)(H,99,100)/t27-,37+,38-,45+,48-,50+,51+,52-,53+,54-,55+,56+,57+,58-,60+,61+,69-,70-/m0/s1. The summed E-state index contributed by atoms with van der Waals surface area (Å²) in [7, 11) is 1.47. The molecular formula is C70H81Cl2N9O25. The first-order valence-corrected chi connectivity index (χ1v) is 34.4. The molecule has 7 aliphatic rings. The summed E-state index contributed by atoms with van der Waals surface area (Å²) >= 11 is 14.2. The number of carbonyl (C=O) groups excluding carboxylic acids is 8. The highest BCUT2D eigenvalue weighted by Crippen LogP contribution is 2.50. The molecule has 0 aliphatic carbocycles. The maximum absolute atomic E-state index is 16.1. The predicted octanol–water partition coefficient (Wildman–Crippen LogP) is 1.06. The number of aliphatic hydroxyl groups is 6. The average molecular weight is 1520 g/mol. The number of phenols is 3. The van der Waals surface area contributed by atoms with Gasteiger partial charge in [-0.05, 0) is 117 Å². The van der Waals surface area contributed by atoms with Crippen LogP contribution in [0.5, 0.6) is 46.0 Å². The number of carboxylic acids is 1. The van der Waals surface area contributed by atoms with Crippen molar-refractivity contribution in [1.29, 1.82) is 0 Å². The third-order valence-electron chi connectivity index (χ3n) is 18.6. The number of likely N-dealkylation sites (N-methyl/N-ethyl adjacent to an activating group) is 1. The van der Waals surface area contributed by atoms with Crippen LogP contribution in [0.1, 0.15) is 125 Å². The Hall–Kier alpha value is -9.69. The van der Waals surface area contributed by atoms with Crippen molar-refractivity contribution in [3.05, 3.63) is 117 Å². The van der Waals surface area contributed by atoms with Crippen LogP contribution in [-0.4, -0.2) is 197 Å². The van der Waals surface area contributed by atoms with Gasteiger partial charge in [-0.25, -0.2) is 4.79 Å². The number of ether oxygens (including phenoxy) is 6. The summed E-state index contributed by atoms with van der Waals surface area (Å²) < 4.78 is 38.7. The number of amides is 8. The van der Waals surface area contributed by atoms with E-state index in [4.69, 9.17) is 57.4 Å². The number of phenolic OH excluding ortho intramolecular Hbond substituents is 3. The Bertz CT molecular complexity index is 4250. The zero-order valence-electron chi connectivity index (χ0n) is 57.6. The number of nitrogens with one attached hydrogen (secondary N) is 8. The number of aliphatic hydroxyl groups excluding tert-OH is 6. The molecule has 5 aromatic rings. The second-order valence-electron chi connectivity index (χ2n) is 26.9. The molecule has 106 heavy (non-hydrogen) atoms. The van der Waals surface area contributed by atoms with Gasteiger partial charge >= 0.3 is 5.97 Å². The highest BCUT2D eigenvalue weighted by Gasteiger charge is 2.53. The number of fused-ring (bicyclic) bond motifs is 15. The van der Waals surface area contributed by atoms with Crippen molar-refractivity contribution in [2.75, 3.05) is 13.7 Å². The SMILES string of the molecule is CCCC(=O)N[C@@]1(C)C[C@H](O[C@H]2[C@H](Oc3c4cc5cc3Oc3ccc(cc3Cl)[C@@H](O)[C@@H](NC(=O)[C@@H](CC(C)C)NC)C(=O)N[C@@H](CC(N)=O)C(=O)N[C@H]5C(=O)N[C@H]3C(=O)N[C@H](C(=O)N[C@H](C(=O)O)c5cc(O)cc(O)c5-c5cc3ccc5O)[C@H](O)c3ccc(c(Cl)c3)O4)O[C@H](CO)[C@@H](O)[C@@H]2O)O[C@@H](C)[C@H]1O. The van der Waals surface area contributed by atoms with Crippen molar-refractivity contribution >= 4 is 76.4 Å². The lowest BCUT2D eigenvalue weighted by molar-refractivity contribution is -0.334. The number of aromatic hydroxyl groups is 3. The molecule has 0 unspecified atom stereocenters. The van der Waals surface area contributed by atoms with E-state index in [1.54, 1.807) is 6.92 Å². The number of benzene rings is 5. The molecule has 12 rings (SSSR count). The topological polar surface area (TPSA) is 534 Å². The van der Waals surface area contributed by atoms with Crippen LogP contribution in [0.3, 0.4) is 0 Å². The van der Waals surface area contributed by atoms with Crippen LogP contribution < -0.4 is 62.5 Å². The quantitative estimate of drug-likeness (QED) is 0.0657. The molecule has 570 valence electrons. The molecule has 2 fully saturated rings. The van der Waals surface area contributed by atoms with Gasteiger partial charge in [-0.15, -0.1) is 0 Å². The lowest BCUT2D eigenvalue weighted by Gasteiger charge is -2.48. The molecule has 36 heteroatoms. The van der Waals surface area contributed by atoms with Gasteiger partial charge in [0.25, 0.3) is 0 Å². The first-order valence-electron chi connectivity index (χ1n) is 33.6. The Morgan fingerprint density at radius 3 is 1.92 bits per heavy atom. The van der Waals surface area contributed by atoms with Crippen LogP contribution in [0.15, 0.2) is 78.9 Å². The Morgan fingerprint density at radius 1 is 0.717 bits per heavy atom. The van der Waals surface area contributed by atoms with E-state index in [0.29, 0.717) is 6.42 Å². The monoisotopic (exact) mass is 1520 g/mol. The Balaban J connectivity index is 1.23. The molecule has 18 atom stereocenters. The maximum Gasteiger partial charge on any atom is 0.330 e. The van der Waals surface area contributed by atoms with E-state index in [-0.39, 0.29) is 52.6 Å². The van der Waals surface area contributed by atoms with Gasteiger partial charge in [0, 0.05) is 35.6 Å². The van der Waals surface area contributed by atoms with E-state index in [1.165, 1.54) is 33.0 Å². The van der Waals surface area contributed by atoms with Gasteiger partial charge in [0.15, 0.2) is 29.9 Å². The molecule has 34 nitrogen and oxygen atoms in total. The Labute approximate surface area is 614 Å². The summed E-state index contributed by atoms with van der Waals surface area (Å²) in [6.45, 7) is 7.40. The van der Waals surface area contributed by atoms with E-state index in [2.05, 4.69) is 42.5 Å². The highest BCUT2D eigenvalue weighted by atomic mass is 35.5. The van der Waals surface area contributed by atoms with Gasteiger partial charge in [-0.2, -0.15) is 0 Å². The second-order valence-corrected chi connectivity index (χ2v) is 27.7. The Kier molecular flexibility index (Phi) is 24.2. The summed E-state index contributed by atoms with van der Waals surface area (Å²) in [6, 6.07) is -0.861. The number of rotatable bonds is 16. The molecule has 11 bridgehead atoms. The van der Waals surface area contributed by atoms with E-state index in [0.717, 1.165) is 66.7 Å². The lowest BCUT2D eigenvalue weighted by Crippen LogP contribution is -2.66. The van der Waals surface area contributed by atoms with Gasteiger partial charge in [0.05, 0.1) is 40.8 Å². The first-order chi connectivity index (χ1) is 50.1. The fourth-order valence-electron chi connectivity index (χ4n) is 13.2. The van der Waals surface area contributed by atoms with Crippen molar-refractivity contribution in [3.8, 4) is 57.1 Å². The summed E-state index contributed by atoms with van der Waals surface area (Å²) in [4.78, 5) is 130. The minimum Gasteiger partial charge on any atom is -0.508 e. The Morgan fingerprint density at radius 2 is 1.33 bits per heavy atom. The van der Waals surface area contributed by atoms with Crippen molar-refractivity contribution in [3.63, 3.8) is 0 Å². The number of halogens is 2. The predicted molar refractivity (Wildman–Crippen MR) is 368 cm³/mol. The maximum atomic E-state index is 16.1. The molecule has 20 N–H and O–H groups in total. The summed E-state index contributed by atoms with van der Waals surface area (Å²) in [5, 5.41) is 134. The van der Waals surface area contributed by atoms with Crippen molar-refractivity contribution in [2.45, 2.75) is 176 Å². The molecule has 8 amide bonds. The van der Waals surface area contributed by atoms with E-state index < -0.39 is 243 Å². The van der Waals surface area contributed by atoms with Crippen LogP contribution in [0.4, 0.5) is 0 Å². The van der Waals surface area contributed by atoms with Crippen LogP contribution in [0.25, 0.3) is 11.1 Å². The molecule has 7 aliphatic heterocycles. The number of hydrogen-bond acceptors (Lipinski definition) is 25. The average Bonchev–Trinajstić information content (AvgIpc) is 0.773. The van der Waals surface area contributed by atoms with E-state index in [9.17, 15) is 79.8 Å². The van der Waals surface area contributed by atoms with Crippen LogP contribution in [0.2, 0.25) is 10.0 Å². The normalized spacial score (nSPS) is 28.5. The largest absolute Gasteiger partial charge is 0.508 e. The van der Waals surface area contributed by atoms with Crippen LogP contribution in [-0.2, 0) is 57.4 Å². The van der Waals surface area contributed by atoms with E-state index in [1.807, 2.05) is 13.8 Å². The minimum absolute atomic E-state index is 0.0671. The molecule has 0 radical (unpaired) electrons. The fraction of sp³-hybridized carbons (Fsp3) is 0.443. The van der Waals surface area contributed by atoms with E-state index >= 15 is 14.4 Å². The number of carboxylic acid groups (broad SMARTS) is 1. The molecular weight excluding hydrogens is 1440 g/mol. The molecule has 7 heterocycles. The van der Waals surface area contributed by atoms with Gasteiger partial charge in [0.2, 0.25) is 59.3 Å². The smallest absolute Gasteiger partial charge is 0.330 e. The molecule has 2 saturated heterocycles. The van der Waals surface area contributed by atoms with Crippen molar-refractivity contribution < 1.29 is 123 Å². The molecule has 5 aromatic carbocycles. The highest BCUT2D eigenvalue weighted by molar-refractivity contribution is 6.32. The van der Waals surface area contributed by atoms with Gasteiger partial charge < -0.3 is 128 Å². The van der Waals surface area contributed by atoms with Crippen LogP contribution >= 0.6 is 23.2 Å². The van der Waals surface area contributed by atoms with Crippen molar-refractivity contribution in [1.82, 2.24) is 42.5 Å². The first kappa shape index (κ1) is 78.9. The number of nitrogens with two attached hydrogens (primary N) is 1. The van der Waals surface area contributed by atoms with Crippen LogP contribution in [0, 0.1) is 5.92 Å².